The number of methoxy groups -OCH3 is 1. The van der Waals surface area contributed by atoms with Gasteiger partial charge in [-0.2, -0.15) is 18.3 Å². The summed E-state index contributed by atoms with van der Waals surface area (Å²) in [5, 5.41) is 14.7. The third-order valence-electron chi connectivity index (χ3n) is 8.18. The fourth-order valence-electron chi connectivity index (χ4n) is 6.13. The monoisotopic (exact) mass is 607 g/mol. The van der Waals surface area contributed by atoms with Crippen molar-refractivity contribution in [2.45, 2.75) is 56.9 Å². The third kappa shape index (κ3) is 5.52. The van der Waals surface area contributed by atoms with Crippen molar-refractivity contribution in [1.82, 2.24) is 14.8 Å². The van der Waals surface area contributed by atoms with Crippen molar-refractivity contribution in [3.8, 4) is 34.0 Å². The van der Waals surface area contributed by atoms with Crippen molar-refractivity contribution in [1.29, 1.82) is 0 Å². The first-order valence-electron chi connectivity index (χ1n) is 14.3. The van der Waals surface area contributed by atoms with E-state index >= 15 is 0 Å². The largest absolute Gasteiger partial charge is 0.492 e. The lowest BCUT2D eigenvalue weighted by Crippen LogP contribution is -2.21. The smallest absolute Gasteiger partial charge is 0.417 e. The zero-order chi connectivity index (χ0) is 31.4. The number of esters is 1. The van der Waals surface area contributed by atoms with Crippen LogP contribution in [0.3, 0.4) is 0 Å². The fraction of sp³-hybridized carbons (Fsp3) is 0.364. The quantitative estimate of drug-likeness (QED) is 0.240. The molecule has 1 N–H and O–H groups in total. The SMILES string of the molecule is COC(=O)CC1COc2cc(OC3CCc4c3ccc(C(F)(F)F)c4-c3ccc(-c4nc(C(C)(C)O)n(C)n4)cc3)ccc21. The van der Waals surface area contributed by atoms with E-state index in [0.29, 0.717) is 64.9 Å². The topological polar surface area (TPSA) is 95.7 Å². The number of hydrogen-bond donors (Lipinski definition) is 1. The molecule has 0 saturated heterocycles. The Morgan fingerprint density at radius 3 is 2.43 bits per heavy atom. The lowest BCUT2D eigenvalue weighted by Gasteiger charge is -2.20. The van der Waals surface area contributed by atoms with Crippen molar-refractivity contribution < 1.29 is 37.3 Å². The van der Waals surface area contributed by atoms with Crippen LogP contribution in [0.1, 0.15) is 66.8 Å². The number of carbonyl (C=O) groups is 1. The van der Waals surface area contributed by atoms with Crippen molar-refractivity contribution in [2.24, 2.45) is 7.05 Å². The zero-order valence-corrected chi connectivity index (χ0v) is 24.7. The van der Waals surface area contributed by atoms with E-state index in [-0.39, 0.29) is 23.9 Å². The zero-order valence-electron chi connectivity index (χ0n) is 24.7. The molecule has 4 aromatic rings. The summed E-state index contributed by atoms with van der Waals surface area (Å²) >= 11 is 0. The number of aliphatic hydroxyl groups is 1. The van der Waals surface area contributed by atoms with E-state index in [1.807, 2.05) is 6.07 Å². The van der Waals surface area contributed by atoms with Crippen LogP contribution in [0.2, 0.25) is 0 Å². The highest BCUT2D eigenvalue weighted by molar-refractivity contribution is 5.76. The summed E-state index contributed by atoms with van der Waals surface area (Å²) in [4.78, 5) is 16.2. The molecule has 0 spiro atoms. The van der Waals surface area contributed by atoms with E-state index in [9.17, 15) is 23.1 Å². The van der Waals surface area contributed by atoms with Gasteiger partial charge in [0, 0.05) is 30.2 Å². The molecule has 0 saturated carbocycles. The number of nitrogens with zero attached hydrogens (tertiary/aromatic N) is 3. The van der Waals surface area contributed by atoms with Gasteiger partial charge >= 0.3 is 12.1 Å². The minimum absolute atomic E-state index is 0.106. The highest BCUT2D eigenvalue weighted by Gasteiger charge is 2.38. The first-order valence-corrected chi connectivity index (χ1v) is 14.3. The number of aromatic nitrogens is 3. The first kappa shape index (κ1) is 29.7. The van der Waals surface area contributed by atoms with Crippen LogP contribution < -0.4 is 9.47 Å². The van der Waals surface area contributed by atoms with E-state index in [2.05, 4.69) is 10.1 Å². The average molecular weight is 608 g/mol. The molecule has 2 atom stereocenters. The number of benzene rings is 3. The van der Waals surface area contributed by atoms with Gasteiger partial charge < -0.3 is 19.3 Å². The minimum Gasteiger partial charge on any atom is -0.492 e. The second-order valence-electron chi connectivity index (χ2n) is 11.7. The molecule has 6 rings (SSSR count). The number of carbonyl (C=O) groups excluding carboxylic acids is 1. The summed E-state index contributed by atoms with van der Waals surface area (Å²) in [6.07, 6.45) is -3.84. The molecule has 230 valence electrons. The maximum absolute atomic E-state index is 14.3. The molecule has 2 heterocycles. The van der Waals surface area contributed by atoms with Crippen LogP contribution in [0.5, 0.6) is 11.5 Å². The second-order valence-corrected chi connectivity index (χ2v) is 11.7. The molecule has 0 amide bonds. The fourth-order valence-corrected chi connectivity index (χ4v) is 6.13. The van der Waals surface area contributed by atoms with Gasteiger partial charge in [-0.3, -0.25) is 4.79 Å². The Morgan fingerprint density at radius 2 is 1.77 bits per heavy atom. The normalized spacial score (nSPS) is 17.6. The molecular weight excluding hydrogens is 575 g/mol. The van der Waals surface area contributed by atoms with Gasteiger partial charge in [-0.05, 0) is 61.1 Å². The Morgan fingerprint density at radius 1 is 1.07 bits per heavy atom. The maximum atomic E-state index is 14.3. The van der Waals surface area contributed by atoms with Gasteiger partial charge in [-0.1, -0.05) is 36.4 Å². The molecule has 44 heavy (non-hydrogen) atoms. The molecule has 2 aliphatic rings. The highest BCUT2D eigenvalue weighted by Crippen LogP contribution is 2.47. The molecule has 0 radical (unpaired) electrons. The maximum Gasteiger partial charge on any atom is 0.417 e. The average Bonchev–Trinajstić information content (AvgIpc) is 3.69. The van der Waals surface area contributed by atoms with Crippen LogP contribution >= 0.6 is 0 Å². The summed E-state index contributed by atoms with van der Waals surface area (Å²) in [7, 11) is 3.03. The molecule has 1 aromatic heterocycles. The van der Waals surface area contributed by atoms with Crippen LogP contribution in [-0.2, 0) is 34.8 Å². The minimum atomic E-state index is -4.55. The Balaban J connectivity index is 1.30. The van der Waals surface area contributed by atoms with Gasteiger partial charge in [0.25, 0.3) is 0 Å². The Hall–Kier alpha value is -4.38. The van der Waals surface area contributed by atoms with E-state index in [0.717, 1.165) is 11.6 Å². The van der Waals surface area contributed by atoms with Crippen LogP contribution in [0.25, 0.3) is 22.5 Å². The molecule has 0 bridgehead atoms. The van der Waals surface area contributed by atoms with Crippen molar-refractivity contribution >= 4 is 5.97 Å². The van der Waals surface area contributed by atoms with Crippen LogP contribution in [-0.4, -0.2) is 39.6 Å². The number of ether oxygens (including phenoxy) is 3. The molecule has 11 heteroatoms. The molecule has 8 nitrogen and oxygen atoms in total. The Labute approximate surface area is 252 Å². The van der Waals surface area contributed by atoms with E-state index in [4.69, 9.17) is 14.2 Å². The summed E-state index contributed by atoms with van der Waals surface area (Å²) in [6.45, 7) is 3.58. The summed E-state index contributed by atoms with van der Waals surface area (Å²) in [5.41, 5.74) is 1.50. The Bertz CT molecular complexity index is 1720. The molecule has 2 unspecified atom stereocenters. The standard InChI is InChI=1S/C33H32F3N3O5/c1-32(2,41)31-37-30(38-39(31)3)19-7-5-18(6-8-19)29-24-12-14-26(23(24)11-13-25(29)33(34,35)36)44-21-9-10-22-20(15-28(40)42-4)17-43-27(22)16-21/h5-11,13,16,20,26,41H,12,14-15,17H2,1-4H3. The van der Waals surface area contributed by atoms with Gasteiger partial charge in [0.2, 0.25) is 0 Å². The van der Waals surface area contributed by atoms with Crippen molar-refractivity contribution in [3.05, 3.63) is 82.7 Å². The van der Waals surface area contributed by atoms with Gasteiger partial charge in [0.05, 0.1) is 25.7 Å². The molecule has 1 aliphatic carbocycles. The number of hydrogen-bond acceptors (Lipinski definition) is 7. The summed E-state index contributed by atoms with van der Waals surface area (Å²) < 4.78 is 61.2. The van der Waals surface area contributed by atoms with E-state index in [1.165, 1.54) is 17.9 Å². The second kappa shape index (κ2) is 11.0. The third-order valence-corrected chi connectivity index (χ3v) is 8.18. The van der Waals surface area contributed by atoms with Crippen LogP contribution in [0, 0.1) is 0 Å². The molecule has 3 aromatic carbocycles. The summed E-state index contributed by atoms with van der Waals surface area (Å²) in [6, 6.07) is 14.8. The van der Waals surface area contributed by atoms with Crippen molar-refractivity contribution in [3.63, 3.8) is 0 Å². The number of alkyl halides is 3. The first-order chi connectivity index (χ1) is 20.8. The van der Waals surface area contributed by atoms with Crippen LogP contribution in [0.4, 0.5) is 13.2 Å². The van der Waals surface area contributed by atoms with Gasteiger partial charge in [-0.25, -0.2) is 9.67 Å². The van der Waals surface area contributed by atoms with Crippen molar-refractivity contribution in [2.75, 3.05) is 13.7 Å². The molecule has 1 aliphatic heterocycles. The van der Waals surface area contributed by atoms with Gasteiger partial charge in [0.15, 0.2) is 11.6 Å². The Kier molecular flexibility index (Phi) is 7.39. The van der Waals surface area contributed by atoms with Crippen LogP contribution in [0.15, 0.2) is 54.6 Å². The highest BCUT2D eigenvalue weighted by atomic mass is 19.4. The lowest BCUT2D eigenvalue weighted by molar-refractivity contribution is -0.141. The molecular formula is C33H32F3N3O5. The van der Waals surface area contributed by atoms with E-state index < -0.39 is 23.4 Å². The van der Waals surface area contributed by atoms with Gasteiger partial charge in [-0.15, -0.1) is 0 Å². The number of rotatable bonds is 7. The number of aryl methyl sites for hydroxylation is 1. The predicted molar refractivity (Wildman–Crippen MR) is 155 cm³/mol. The lowest BCUT2D eigenvalue weighted by atomic mass is 9.91. The summed E-state index contributed by atoms with van der Waals surface area (Å²) in [5.74, 6) is 1.49. The molecule has 0 fully saturated rings. The predicted octanol–water partition coefficient (Wildman–Crippen LogP) is 6.50. The van der Waals surface area contributed by atoms with Gasteiger partial charge in [0.1, 0.15) is 23.2 Å². The number of halogens is 3. The number of fused-ring (bicyclic) bond motifs is 2. The van der Waals surface area contributed by atoms with E-state index in [1.54, 1.807) is 57.3 Å².